The fraction of sp³-hybridized carbons (Fsp3) is 0.538. The van der Waals surface area contributed by atoms with Crippen LogP contribution < -0.4 is 0 Å². The van der Waals surface area contributed by atoms with Gasteiger partial charge in [-0.1, -0.05) is 37.3 Å². The van der Waals surface area contributed by atoms with Gasteiger partial charge >= 0.3 is 0 Å². The van der Waals surface area contributed by atoms with Gasteiger partial charge in [0.25, 0.3) is 0 Å². The maximum atomic E-state index is 6.16. The molecule has 0 N–H and O–H groups in total. The fourth-order valence-corrected chi connectivity index (χ4v) is 2.97. The first kappa shape index (κ1) is 10.0. The van der Waals surface area contributed by atoms with Crippen LogP contribution in [-0.4, -0.2) is 5.38 Å². The van der Waals surface area contributed by atoms with E-state index in [1.807, 2.05) is 0 Å². The van der Waals surface area contributed by atoms with Gasteiger partial charge in [0.05, 0.1) is 0 Å². The van der Waals surface area contributed by atoms with E-state index < -0.39 is 0 Å². The Hall–Kier alpha value is -0.490. The van der Waals surface area contributed by atoms with Crippen LogP contribution in [0.3, 0.4) is 0 Å². The lowest BCUT2D eigenvalue weighted by Gasteiger charge is -2.23. The third-order valence-corrected chi connectivity index (χ3v) is 3.62. The van der Waals surface area contributed by atoms with E-state index in [1.54, 1.807) is 0 Å². The molecule has 0 spiro atoms. The highest BCUT2D eigenvalue weighted by Gasteiger charge is 2.33. The molecule has 1 fully saturated rings. The van der Waals surface area contributed by atoms with E-state index in [1.165, 1.54) is 31.2 Å². The van der Waals surface area contributed by atoms with Gasteiger partial charge in [-0.3, -0.25) is 0 Å². The fourth-order valence-electron chi connectivity index (χ4n) is 2.49. The Kier molecular flexibility index (Phi) is 2.83. The van der Waals surface area contributed by atoms with E-state index in [4.69, 9.17) is 11.6 Å². The first-order valence-electron chi connectivity index (χ1n) is 5.36. The van der Waals surface area contributed by atoms with Crippen LogP contribution >= 0.6 is 11.6 Å². The maximum absolute atomic E-state index is 6.16. The van der Waals surface area contributed by atoms with Gasteiger partial charge in [-0.2, -0.15) is 0 Å². The van der Waals surface area contributed by atoms with Gasteiger partial charge in [0, 0.05) is 5.38 Å². The van der Waals surface area contributed by atoms with Crippen LogP contribution in [0.15, 0.2) is 30.3 Å². The number of alkyl halides is 1. The lowest BCUT2D eigenvalue weighted by molar-refractivity contribution is 0.335. The minimum atomic E-state index is 0.406. The summed E-state index contributed by atoms with van der Waals surface area (Å²) in [6.07, 6.45) is 4.81. The highest BCUT2D eigenvalue weighted by atomic mass is 35.5. The monoisotopic (exact) mass is 208 g/mol. The van der Waals surface area contributed by atoms with Gasteiger partial charge in [-0.15, -0.1) is 11.6 Å². The van der Waals surface area contributed by atoms with Crippen molar-refractivity contribution >= 4 is 11.6 Å². The Morgan fingerprint density at radius 2 is 2.07 bits per heavy atom. The van der Waals surface area contributed by atoms with Gasteiger partial charge in [-0.05, 0) is 36.7 Å². The number of rotatable bonds is 2. The average Bonchev–Trinajstić information content (AvgIpc) is 2.47. The molecular formula is C13H17Cl. The Morgan fingerprint density at radius 3 is 2.64 bits per heavy atom. The van der Waals surface area contributed by atoms with Crippen LogP contribution in [0.1, 0.15) is 31.7 Å². The summed E-state index contributed by atoms with van der Waals surface area (Å²) in [5, 5.41) is 0.406. The number of halogens is 1. The molecule has 1 heteroatoms. The zero-order valence-electron chi connectivity index (χ0n) is 8.67. The Balaban J connectivity index is 2.04. The van der Waals surface area contributed by atoms with Gasteiger partial charge in [0.1, 0.15) is 0 Å². The quantitative estimate of drug-likeness (QED) is 0.644. The Labute approximate surface area is 91.3 Å². The summed E-state index contributed by atoms with van der Waals surface area (Å²) in [6.45, 7) is 2.36. The Morgan fingerprint density at radius 1 is 1.36 bits per heavy atom. The molecule has 2 unspecified atom stereocenters. The van der Waals surface area contributed by atoms with Crippen LogP contribution in [0.5, 0.6) is 0 Å². The molecule has 0 saturated heterocycles. The summed E-state index contributed by atoms with van der Waals surface area (Å²) >= 11 is 6.16. The summed E-state index contributed by atoms with van der Waals surface area (Å²) in [4.78, 5) is 0. The molecule has 1 aromatic rings. The second-order valence-electron chi connectivity index (χ2n) is 4.81. The molecule has 0 bridgehead atoms. The predicted molar refractivity (Wildman–Crippen MR) is 61.7 cm³/mol. The maximum Gasteiger partial charge on any atom is 0.0341 e. The van der Waals surface area contributed by atoms with Crippen molar-refractivity contribution in [1.82, 2.24) is 0 Å². The third kappa shape index (κ3) is 2.30. The van der Waals surface area contributed by atoms with Crippen molar-refractivity contribution in [2.24, 2.45) is 5.41 Å². The van der Waals surface area contributed by atoms with E-state index in [-0.39, 0.29) is 0 Å². The van der Waals surface area contributed by atoms with Crippen molar-refractivity contribution in [1.29, 1.82) is 0 Å². The van der Waals surface area contributed by atoms with Gasteiger partial charge < -0.3 is 0 Å². The van der Waals surface area contributed by atoms with E-state index >= 15 is 0 Å². The first-order chi connectivity index (χ1) is 6.68. The van der Waals surface area contributed by atoms with Gasteiger partial charge in [-0.25, -0.2) is 0 Å². The Bertz CT molecular complexity index is 293. The van der Waals surface area contributed by atoms with Crippen molar-refractivity contribution in [3.05, 3.63) is 35.9 Å². The SMILES string of the molecule is CC1(Cc2ccccc2)CCC(Cl)C1. The number of hydrogen-bond acceptors (Lipinski definition) is 0. The molecule has 1 aliphatic carbocycles. The van der Waals surface area contributed by atoms with Crippen molar-refractivity contribution in [2.45, 2.75) is 38.0 Å². The molecule has 0 aromatic heterocycles. The standard InChI is InChI=1S/C13H17Cl/c1-13(8-7-12(14)10-13)9-11-5-3-2-4-6-11/h2-6,12H,7-10H2,1H3. The largest absolute Gasteiger partial charge is 0.123 e. The molecule has 0 aliphatic heterocycles. The molecule has 0 radical (unpaired) electrons. The van der Waals surface area contributed by atoms with Crippen molar-refractivity contribution < 1.29 is 0 Å². The first-order valence-corrected chi connectivity index (χ1v) is 5.80. The summed E-state index contributed by atoms with van der Waals surface area (Å²) in [7, 11) is 0. The van der Waals surface area contributed by atoms with Crippen LogP contribution in [0.2, 0.25) is 0 Å². The van der Waals surface area contributed by atoms with Crippen LogP contribution in [0, 0.1) is 5.41 Å². The minimum Gasteiger partial charge on any atom is -0.123 e. The molecule has 1 aliphatic rings. The highest BCUT2D eigenvalue weighted by molar-refractivity contribution is 6.20. The molecule has 2 atom stereocenters. The number of benzene rings is 1. The summed E-state index contributed by atoms with van der Waals surface area (Å²) in [5.41, 5.74) is 1.88. The summed E-state index contributed by atoms with van der Waals surface area (Å²) in [5.74, 6) is 0. The predicted octanol–water partition coefficient (Wildman–Crippen LogP) is 4.03. The van der Waals surface area contributed by atoms with E-state index in [0.29, 0.717) is 10.8 Å². The van der Waals surface area contributed by atoms with Crippen LogP contribution in [0.4, 0.5) is 0 Å². The highest BCUT2D eigenvalue weighted by Crippen LogP contribution is 2.42. The molecule has 1 aromatic carbocycles. The van der Waals surface area contributed by atoms with Crippen molar-refractivity contribution in [2.75, 3.05) is 0 Å². The normalized spacial score (nSPS) is 32.0. The molecule has 76 valence electrons. The second-order valence-corrected chi connectivity index (χ2v) is 5.43. The minimum absolute atomic E-state index is 0.406. The van der Waals surface area contributed by atoms with Gasteiger partial charge in [0.2, 0.25) is 0 Å². The number of hydrogen-bond donors (Lipinski definition) is 0. The molecular weight excluding hydrogens is 192 g/mol. The van der Waals surface area contributed by atoms with Crippen LogP contribution in [-0.2, 0) is 6.42 Å². The lowest BCUT2D eigenvalue weighted by Crippen LogP contribution is -2.15. The smallest absolute Gasteiger partial charge is 0.0341 e. The zero-order chi connectivity index (χ0) is 10.0. The van der Waals surface area contributed by atoms with E-state index in [9.17, 15) is 0 Å². The second kappa shape index (κ2) is 3.94. The molecule has 1 saturated carbocycles. The average molecular weight is 209 g/mol. The van der Waals surface area contributed by atoms with Crippen molar-refractivity contribution in [3.8, 4) is 0 Å². The third-order valence-electron chi connectivity index (χ3n) is 3.25. The molecule has 0 nitrogen and oxygen atoms in total. The van der Waals surface area contributed by atoms with E-state index in [0.717, 1.165) is 0 Å². The van der Waals surface area contributed by atoms with Gasteiger partial charge in [0.15, 0.2) is 0 Å². The molecule has 0 amide bonds. The summed E-state index contributed by atoms with van der Waals surface area (Å²) in [6, 6.07) is 10.7. The van der Waals surface area contributed by atoms with Crippen LogP contribution in [0.25, 0.3) is 0 Å². The summed E-state index contributed by atoms with van der Waals surface area (Å²) < 4.78 is 0. The van der Waals surface area contributed by atoms with E-state index in [2.05, 4.69) is 37.3 Å². The topological polar surface area (TPSA) is 0 Å². The lowest BCUT2D eigenvalue weighted by atomic mass is 9.82. The molecule has 14 heavy (non-hydrogen) atoms. The molecule has 0 heterocycles. The zero-order valence-corrected chi connectivity index (χ0v) is 9.43. The van der Waals surface area contributed by atoms with Crippen molar-refractivity contribution in [3.63, 3.8) is 0 Å². The molecule has 2 rings (SSSR count).